The Kier molecular flexibility index (Phi) is 14.0. The average molecular weight is 227 g/mol. The van der Waals surface area contributed by atoms with Gasteiger partial charge in [-0.2, -0.15) is 0 Å². The molecule has 0 aliphatic rings. The van der Waals surface area contributed by atoms with Gasteiger partial charge in [0.2, 0.25) is 0 Å². The quantitative estimate of drug-likeness (QED) is 0.499. The van der Waals surface area contributed by atoms with Crippen molar-refractivity contribution < 1.29 is 5.11 Å². The van der Waals surface area contributed by atoms with Gasteiger partial charge in [0.05, 0.1) is 6.61 Å². The van der Waals surface area contributed by atoms with Crippen LogP contribution in [-0.2, 0) is 0 Å². The van der Waals surface area contributed by atoms with Gasteiger partial charge in [0.25, 0.3) is 0 Å². The molecular weight excluding hydrogens is 198 g/mol. The van der Waals surface area contributed by atoms with Crippen molar-refractivity contribution in [3.8, 4) is 0 Å². The summed E-state index contributed by atoms with van der Waals surface area (Å²) in [4.78, 5) is 0. The van der Waals surface area contributed by atoms with Gasteiger partial charge < -0.3 is 10.4 Å². The van der Waals surface area contributed by atoms with Crippen molar-refractivity contribution in [2.45, 2.75) is 64.7 Å². The summed E-state index contributed by atoms with van der Waals surface area (Å²) in [6, 6.07) is 0. The van der Waals surface area contributed by atoms with Gasteiger partial charge in [-0.3, -0.25) is 0 Å². The van der Waals surface area contributed by atoms with Gasteiger partial charge in [0.1, 0.15) is 0 Å². The molecule has 0 aromatic rings. The first-order valence-corrected chi connectivity index (χ1v) is 6.91. The SMILES string of the molecule is CCCCCCCCCCC=CNCCO. The van der Waals surface area contributed by atoms with Crippen LogP contribution in [0.1, 0.15) is 64.7 Å². The van der Waals surface area contributed by atoms with E-state index in [1.165, 1.54) is 51.4 Å². The molecule has 0 unspecified atom stereocenters. The molecule has 0 aromatic carbocycles. The van der Waals surface area contributed by atoms with Crippen LogP contribution >= 0.6 is 0 Å². The molecule has 0 amide bonds. The van der Waals surface area contributed by atoms with Gasteiger partial charge in [-0.25, -0.2) is 0 Å². The summed E-state index contributed by atoms with van der Waals surface area (Å²) in [6.45, 7) is 3.13. The largest absolute Gasteiger partial charge is 0.395 e. The monoisotopic (exact) mass is 227 g/mol. The average Bonchev–Trinajstić information content (AvgIpc) is 2.31. The zero-order valence-electron chi connectivity index (χ0n) is 10.9. The Morgan fingerprint density at radius 2 is 1.56 bits per heavy atom. The smallest absolute Gasteiger partial charge is 0.0603 e. The fourth-order valence-electron chi connectivity index (χ4n) is 1.71. The number of allylic oxidation sites excluding steroid dienone is 1. The van der Waals surface area contributed by atoms with Crippen molar-refractivity contribution in [3.63, 3.8) is 0 Å². The molecule has 2 heteroatoms. The van der Waals surface area contributed by atoms with Crippen molar-refractivity contribution in [1.82, 2.24) is 5.32 Å². The van der Waals surface area contributed by atoms with Crippen LogP contribution in [0, 0.1) is 0 Å². The molecule has 0 atom stereocenters. The number of aliphatic hydroxyl groups excluding tert-OH is 1. The van der Waals surface area contributed by atoms with E-state index in [4.69, 9.17) is 5.11 Å². The van der Waals surface area contributed by atoms with Gasteiger partial charge in [-0.15, -0.1) is 0 Å². The predicted molar refractivity (Wildman–Crippen MR) is 71.5 cm³/mol. The van der Waals surface area contributed by atoms with Crippen molar-refractivity contribution in [3.05, 3.63) is 12.3 Å². The highest BCUT2D eigenvalue weighted by molar-refractivity contribution is 4.78. The molecule has 0 heterocycles. The zero-order chi connectivity index (χ0) is 11.9. The van der Waals surface area contributed by atoms with Crippen LogP contribution in [0.25, 0.3) is 0 Å². The summed E-state index contributed by atoms with van der Waals surface area (Å²) in [5.41, 5.74) is 0. The van der Waals surface area contributed by atoms with Crippen LogP contribution < -0.4 is 5.32 Å². The van der Waals surface area contributed by atoms with E-state index >= 15 is 0 Å². The van der Waals surface area contributed by atoms with E-state index in [1.807, 2.05) is 6.20 Å². The highest BCUT2D eigenvalue weighted by Crippen LogP contribution is 2.09. The van der Waals surface area contributed by atoms with E-state index in [0.29, 0.717) is 6.54 Å². The Morgan fingerprint density at radius 1 is 0.938 bits per heavy atom. The number of hydrogen-bond acceptors (Lipinski definition) is 2. The highest BCUT2D eigenvalue weighted by atomic mass is 16.3. The Labute approximate surface area is 101 Å². The number of nitrogens with one attached hydrogen (secondary N) is 1. The summed E-state index contributed by atoms with van der Waals surface area (Å²) in [6.07, 6.45) is 16.3. The molecule has 96 valence electrons. The third kappa shape index (κ3) is 13.5. The van der Waals surface area contributed by atoms with Crippen molar-refractivity contribution in [1.29, 1.82) is 0 Å². The summed E-state index contributed by atoms with van der Waals surface area (Å²) in [7, 11) is 0. The molecule has 0 radical (unpaired) electrons. The number of unbranched alkanes of at least 4 members (excludes halogenated alkanes) is 8. The maximum atomic E-state index is 8.53. The van der Waals surface area contributed by atoms with Crippen LogP contribution in [0.15, 0.2) is 12.3 Å². The third-order valence-electron chi connectivity index (χ3n) is 2.72. The number of aliphatic hydroxyl groups is 1. The topological polar surface area (TPSA) is 32.3 Å². The Morgan fingerprint density at radius 3 is 2.19 bits per heavy atom. The fourth-order valence-corrected chi connectivity index (χ4v) is 1.71. The van der Waals surface area contributed by atoms with E-state index < -0.39 is 0 Å². The molecule has 0 saturated carbocycles. The molecular formula is C14H29NO. The van der Waals surface area contributed by atoms with Gasteiger partial charge >= 0.3 is 0 Å². The van der Waals surface area contributed by atoms with E-state index in [9.17, 15) is 0 Å². The Hall–Kier alpha value is -0.500. The second-order valence-electron chi connectivity index (χ2n) is 4.34. The normalized spacial score (nSPS) is 11.1. The van der Waals surface area contributed by atoms with Gasteiger partial charge in [0, 0.05) is 6.54 Å². The van der Waals surface area contributed by atoms with Gasteiger partial charge in [-0.1, -0.05) is 57.9 Å². The molecule has 0 aliphatic heterocycles. The minimum absolute atomic E-state index is 0.210. The standard InChI is InChI=1S/C14H29NO/c1-2-3-4-5-6-7-8-9-10-11-12-15-13-14-16/h11-12,15-16H,2-10,13-14H2,1H3. The maximum absolute atomic E-state index is 8.53. The van der Waals surface area contributed by atoms with Gasteiger partial charge in [0.15, 0.2) is 0 Å². The lowest BCUT2D eigenvalue weighted by Crippen LogP contribution is -2.10. The van der Waals surface area contributed by atoms with Crippen molar-refractivity contribution >= 4 is 0 Å². The summed E-state index contributed by atoms with van der Waals surface area (Å²) < 4.78 is 0. The van der Waals surface area contributed by atoms with Crippen molar-refractivity contribution in [2.75, 3.05) is 13.2 Å². The first-order chi connectivity index (χ1) is 7.91. The first kappa shape index (κ1) is 15.5. The van der Waals surface area contributed by atoms with E-state index in [1.54, 1.807) is 0 Å². The van der Waals surface area contributed by atoms with E-state index in [2.05, 4.69) is 18.3 Å². The molecule has 16 heavy (non-hydrogen) atoms. The van der Waals surface area contributed by atoms with Crippen LogP contribution in [0.2, 0.25) is 0 Å². The third-order valence-corrected chi connectivity index (χ3v) is 2.72. The van der Waals surface area contributed by atoms with Crippen LogP contribution in [0.5, 0.6) is 0 Å². The molecule has 2 N–H and O–H groups in total. The highest BCUT2D eigenvalue weighted by Gasteiger charge is 1.90. The Bertz CT molecular complexity index is 146. The minimum atomic E-state index is 0.210. The first-order valence-electron chi connectivity index (χ1n) is 6.91. The summed E-state index contributed by atoms with van der Waals surface area (Å²) >= 11 is 0. The lowest BCUT2D eigenvalue weighted by atomic mass is 10.1. The van der Waals surface area contributed by atoms with Crippen molar-refractivity contribution in [2.24, 2.45) is 0 Å². The summed E-state index contributed by atoms with van der Waals surface area (Å²) in [5.74, 6) is 0. The van der Waals surface area contributed by atoms with Crippen LogP contribution in [0.3, 0.4) is 0 Å². The van der Waals surface area contributed by atoms with Crippen LogP contribution in [-0.4, -0.2) is 18.3 Å². The predicted octanol–water partition coefficient (Wildman–Crippen LogP) is 3.61. The lowest BCUT2D eigenvalue weighted by Gasteiger charge is -2.00. The van der Waals surface area contributed by atoms with E-state index in [0.717, 1.165) is 6.42 Å². The molecule has 0 saturated heterocycles. The molecule has 0 aromatic heterocycles. The van der Waals surface area contributed by atoms with Crippen LogP contribution in [0.4, 0.5) is 0 Å². The lowest BCUT2D eigenvalue weighted by molar-refractivity contribution is 0.298. The molecule has 0 spiro atoms. The summed E-state index contributed by atoms with van der Waals surface area (Å²) in [5, 5.41) is 11.6. The Balaban J connectivity index is 2.95. The molecule has 0 fully saturated rings. The second-order valence-corrected chi connectivity index (χ2v) is 4.34. The molecule has 2 nitrogen and oxygen atoms in total. The second kappa shape index (κ2) is 14.5. The fraction of sp³-hybridized carbons (Fsp3) is 0.857. The van der Waals surface area contributed by atoms with E-state index in [-0.39, 0.29) is 6.61 Å². The number of rotatable bonds is 12. The molecule has 0 aliphatic carbocycles. The van der Waals surface area contributed by atoms with Gasteiger partial charge in [-0.05, 0) is 19.0 Å². The minimum Gasteiger partial charge on any atom is -0.395 e. The number of hydrogen-bond donors (Lipinski definition) is 2. The molecule has 0 bridgehead atoms. The maximum Gasteiger partial charge on any atom is 0.0603 e. The zero-order valence-corrected chi connectivity index (χ0v) is 10.9. The molecule has 0 rings (SSSR count).